The van der Waals surface area contributed by atoms with Crippen molar-refractivity contribution in [2.24, 2.45) is 17.1 Å². The van der Waals surface area contributed by atoms with Crippen molar-refractivity contribution in [3.8, 4) is 0 Å². The van der Waals surface area contributed by atoms with E-state index < -0.39 is 12.0 Å². The third-order valence-corrected chi connectivity index (χ3v) is 3.84. The monoisotopic (exact) mass is 545 g/mol. The molecule has 1 fully saturated rings. The van der Waals surface area contributed by atoms with Crippen molar-refractivity contribution in [1.82, 2.24) is 0 Å². The zero-order valence-corrected chi connectivity index (χ0v) is 17.3. The van der Waals surface area contributed by atoms with Crippen molar-refractivity contribution in [1.29, 1.82) is 0 Å². The van der Waals surface area contributed by atoms with Crippen molar-refractivity contribution >= 4 is 60.3 Å². The van der Waals surface area contributed by atoms with E-state index in [1.165, 1.54) is 32.7 Å². The number of Topliss-reactive ketones (excluding diaryl/α,β-unsaturated/α-hetero) is 2. The maximum absolute atomic E-state index is 11.7. The van der Waals surface area contributed by atoms with Gasteiger partial charge >= 0.3 is 30.3 Å². The molecule has 0 aromatic rings. The van der Waals surface area contributed by atoms with E-state index in [4.69, 9.17) is 8.80 Å². The number of carbonyl (C=O) groups excluding carboxylic acids is 2. The van der Waals surface area contributed by atoms with Gasteiger partial charge in [0.25, 0.3) is 0 Å². The average molecular weight is 545 g/mol. The van der Waals surface area contributed by atoms with Gasteiger partial charge in [-0.25, -0.2) is 0 Å². The van der Waals surface area contributed by atoms with Crippen LogP contribution >= 0.6 is 23.0 Å². The van der Waals surface area contributed by atoms with Crippen molar-refractivity contribution in [3.63, 3.8) is 0 Å². The Bertz CT molecular complexity index is 296. The molecule has 2 N–H and O–H groups in total. The predicted octanol–water partition coefficient (Wildman–Crippen LogP) is 1.46. The molecular weight excluding hydrogens is 525 g/mol. The van der Waals surface area contributed by atoms with Crippen LogP contribution in [0, 0.1) is 11.3 Å². The molecule has 1 aliphatic rings. The molecule has 0 aromatic carbocycles. The van der Waals surface area contributed by atoms with Gasteiger partial charge < -0.3 is 8.80 Å². The molecule has 17 heavy (non-hydrogen) atoms. The van der Waals surface area contributed by atoms with Crippen LogP contribution in [0.15, 0.2) is 0 Å². The molecule has 0 bridgehead atoms. The standard InChI is InChI=1S/C10H16INO3.CH3.Tl/c1-5(13)8-6(14)4-7(12)10(2,3)9(8)15-11;;/h7-9H,4,12H2,1-3H3;1H3;. The number of hydrogen-bond acceptors (Lipinski definition) is 4. The second kappa shape index (κ2) is 7.49. The van der Waals surface area contributed by atoms with Crippen LogP contribution in [0.4, 0.5) is 0 Å². The maximum atomic E-state index is 11.7. The Morgan fingerprint density at radius 2 is 2.00 bits per heavy atom. The fraction of sp³-hybridized carbons (Fsp3) is 0.818. The molecule has 0 aliphatic heterocycles. The van der Waals surface area contributed by atoms with Gasteiger partial charge in [0.15, 0.2) is 0 Å². The number of halogens is 1. The summed E-state index contributed by atoms with van der Waals surface area (Å²) < 4.78 is 7.44. The molecule has 0 radical (unpaired) electrons. The van der Waals surface area contributed by atoms with Crippen molar-refractivity contribution < 1.29 is 12.7 Å². The molecule has 1 saturated carbocycles. The van der Waals surface area contributed by atoms with E-state index >= 15 is 0 Å². The summed E-state index contributed by atoms with van der Waals surface area (Å²) in [5, 5.41) is 0. The molecule has 0 saturated heterocycles. The summed E-state index contributed by atoms with van der Waals surface area (Å²) in [5.41, 5.74) is 5.56. The van der Waals surface area contributed by atoms with Crippen molar-refractivity contribution in [3.05, 3.63) is 0 Å². The second-order valence-corrected chi connectivity index (χ2v) is 5.20. The first kappa shape index (κ1) is 17.9. The van der Waals surface area contributed by atoms with Crippen LogP contribution in [0.25, 0.3) is 0 Å². The molecule has 96 valence electrons. The first-order valence-corrected chi connectivity index (χ1v) is 10.8. The number of ketones is 2. The Balaban J connectivity index is 0.00000121. The van der Waals surface area contributed by atoms with Gasteiger partial charge in [-0.15, -0.1) is 0 Å². The fourth-order valence-electron chi connectivity index (χ4n) is 2.02. The molecule has 6 heteroatoms. The van der Waals surface area contributed by atoms with Gasteiger partial charge in [0.05, 0.1) is 6.10 Å². The van der Waals surface area contributed by atoms with Gasteiger partial charge in [-0.05, 0) is 6.92 Å². The summed E-state index contributed by atoms with van der Waals surface area (Å²) in [6.07, 6.45) is -0.167. The number of nitrogens with two attached hydrogens (primary N) is 1. The molecule has 0 aromatic heterocycles. The van der Waals surface area contributed by atoms with Gasteiger partial charge in [-0.1, -0.05) is 13.8 Å². The van der Waals surface area contributed by atoms with Crippen LogP contribution in [0.1, 0.15) is 27.2 Å². The molecule has 0 spiro atoms. The summed E-state index contributed by atoms with van der Waals surface area (Å²) in [6.45, 7) is 5.30. The van der Waals surface area contributed by atoms with E-state index in [0.717, 1.165) is 0 Å². The van der Waals surface area contributed by atoms with Crippen LogP contribution in [0.3, 0.4) is 0 Å². The second-order valence-electron chi connectivity index (χ2n) is 4.70. The number of rotatable bonds is 2. The van der Waals surface area contributed by atoms with Crippen LogP contribution in [-0.4, -0.2) is 49.5 Å². The molecule has 4 nitrogen and oxygen atoms in total. The van der Waals surface area contributed by atoms with Gasteiger partial charge in [0.2, 0.25) is 0 Å². The summed E-state index contributed by atoms with van der Waals surface area (Å²) in [5.74, 6) is -0.894. The molecule has 0 amide bonds. The summed E-state index contributed by atoms with van der Waals surface area (Å²) in [6, 6.07) is -0.250. The average Bonchev–Trinajstić information content (AvgIpc) is 2.25. The third-order valence-electron chi connectivity index (χ3n) is 3.29. The van der Waals surface area contributed by atoms with E-state index in [1.807, 2.05) is 13.8 Å². The molecule has 1 rings (SSSR count). The van der Waals surface area contributed by atoms with Crippen LogP contribution < -0.4 is 5.73 Å². The van der Waals surface area contributed by atoms with Gasteiger partial charge in [-0.3, -0.25) is 9.59 Å². The molecule has 3 unspecified atom stereocenters. The summed E-state index contributed by atoms with van der Waals surface area (Å²) >= 11 is 2.91. The fourth-order valence-corrected chi connectivity index (χ4v) is 2.97. The van der Waals surface area contributed by atoms with E-state index in [0.29, 0.717) is 0 Å². The van der Waals surface area contributed by atoms with Gasteiger partial charge in [0.1, 0.15) is 40.5 Å². The zero-order chi connectivity index (χ0) is 13.8. The summed E-state index contributed by atoms with van der Waals surface area (Å²) in [4.78, 5) is 23.1. The van der Waals surface area contributed by atoms with E-state index in [2.05, 4.69) is 4.48 Å². The third kappa shape index (κ3) is 3.94. The Labute approximate surface area is 133 Å². The van der Waals surface area contributed by atoms with E-state index in [-0.39, 0.29) is 29.4 Å². The first-order valence-electron chi connectivity index (χ1n) is 5.46. The normalized spacial score (nSPS) is 31.4. The SMILES string of the molecule is CC(=O)C1C(=O)CC(N)C(C)(C)C1OI.[CH3][Tl]. The quantitative estimate of drug-likeness (QED) is 0.325. The van der Waals surface area contributed by atoms with Crippen LogP contribution in [-0.2, 0) is 12.7 Å². The van der Waals surface area contributed by atoms with E-state index in [1.54, 1.807) is 23.0 Å². The topological polar surface area (TPSA) is 69.4 Å². The molecule has 0 heterocycles. The van der Waals surface area contributed by atoms with Crippen LogP contribution in [0.5, 0.6) is 0 Å². The van der Waals surface area contributed by atoms with Gasteiger partial charge in [-0.2, -0.15) is 0 Å². The van der Waals surface area contributed by atoms with E-state index in [9.17, 15) is 9.59 Å². The Kier molecular flexibility index (Phi) is 7.89. The zero-order valence-electron chi connectivity index (χ0n) is 10.7. The minimum absolute atomic E-state index is 0.101. The summed E-state index contributed by atoms with van der Waals surface area (Å²) in [7, 11) is 0. The van der Waals surface area contributed by atoms with Crippen molar-refractivity contribution in [2.45, 2.75) is 43.8 Å². The van der Waals surface area contributed by atoms with Crippen LogP contribution in [0.2, 0.25) is 4.48 Å². The first-order chi connectivity index (χ1) is 7.82. The Morgan fingerprint density at radius 3 is 2.35 bits per heavy atom. The van der Waals surface area contributed by atoms with Crippen molar-refractivity contribution in [2.75, 3.05) is 0 Å². The Hall–Kier alpha value is 0.912. The number of carbonyl (C=O) groups is 2. The van der Waals surface area contributed by atoms with Gasteiger partial charge in [0, 0.05) is 17.9 Å². The molecular formula is C11H19INO3Tl. The Morgan fingerprint density at radius 1 is 1.53 bits per heavy atom. The minimum atomic E-state index is -0.656. The molecule has 1 aliphatic carbocycles. The molecule has 3 atom stereocenters. The number of hydrogen-bond donors (Lipinski definition) is 1. The predicted molar refractivity (Wildman–Crippen MR) is 76.1 cm³/mol.